The molecule has 0 bridgehead atoms. The van der Waals surface area contributed by atoms with E-state index in [1.807, 2.05) is 0 Å². The number of hydrogen-bond acceptors (Lipinski definition) is 3. The molecule has 6 heteroatoms. The van der Waals surface area contributed by atoms with E-state index in [-0.39, 0.29) is 11.4 Å². The number of carboxylic acids is 1. The molecular formula is C12H8F2N2O2. The summed E-state index contributed by atoms with van der Waals surface area (Å²) < 4.78 is 26.9. The molecule has 0 radical (unpaired) electrons. The fourth-order valence-electron chi connectivity index (χ4n) is 1.45. The average Bonchev–Trinajstić information content (AvgIpc) is 2.28. The Balaban J connectivity index is 2.54. The van der Waals surface area contributed by atoms with E-state index in [4.69, 9.17) is 5.11 Å². The van der Waals surface area contributed by atoms with Gasteiger partial charge in [-0.15, -0.1) is 0 Å². The molecule has 1 aromatic heterocycles. The average molecular weight is 250 g/mol. The van der Waals surface area contributed by atoms with Gasteiger partial charge in [0.2, 0.25) is 0 Å². The van der Waals surface area contributed by atoms with Gasteiger partial charge in [-0.3, -0.25) is 0 Å². The second-order valence-corrected chi connectivity index (χ2v) is 3.70. The van der Waals surface area contributed by atoms with Gasteiger partial charge >= 0.3 is 5.97 Å². The van der Waals surface area contributed by atoms with Gasteiger partial charge in [-0.05, 0) is 24.6 Å². The third-order valence-corrected chi connectivity index (χ3v) is 2.30. The monoisotopic (exact) mass is 250 g/mol. The maximum atomic E-state index is 13.5. The van der Waals surface area contributed by atoms with Crippen LogP contribution in [0.15, 0.2) is 24.5 Å². The summed E-state index contributed by atoms with van der Waals surface area (Å²) in [5, 5.41) is 8.63. The number of hydrogen-bond donors (Lipinski definition) is 1. The lowest BCUT2D eigenvalue weighted by molar-refractivity contribution is 0.0686. The van der Waals surface area contributed by atoms with Crippen molar-refractivity contribution in [3.63, 3.8) is 0 Å². The first kappa shape index (κ1) is 12.1. The highest BCUT2D eigenvalue weighted by Gasteiger charge is 2.18. The summed E-state index contributed by atoms with van der Waals surface area (Å²) in [6, 6.07) is 1.80. The van der Waals surface area contributed by atoms with Crippen molar-refractivity contribution in [3.05, 3.63) is 47.3 Å². The van der Waals surface area contributed by atoms with Gasteiger partial charge in [0.1, 0.15) is 17.2 Å². The van der Waals surface area contributed by atoms with Crippen LogP contribution in [0.5, 0.6) is 0 Å². The maximum absolute atomic E-state index is 13.5. The topological polar surface area (TPSA) is 63.1 Å². The van der Waals surface area contributed by atoms with Crippen molar-refractivity contribution in [3.8, 4) is 11.4 Å². The molecule has 0 fully saturated rings. The molecule has 1 heterocycles. The van der Waals surface area contributed by atoms with Crippen LogP contribution in [-0.2, 0) is 0 Å². The predicted molar refractivity (Wildman–Crippen MR) is 59.1 cm³/mol. The van der Waals surface area contributed by atoms with Crippen LogP contribution in [0.1, 0.15) is 15.9 Å². The first-order valence-electron chi connectivity index (χ1n) is 5.00. The van der Waals surface area contributed by atoms with Crippen molar-refractivity contribution in [1.82, 2.24) is 9.97 Å². The number of carboxylic acid groups (broad SMARTS) is 1. The Morgan fingerprint density at radius 1 is 1.17 bits per heavy atom. The fourth-order valence-corrected chi connectivity index (χ4v) is 1.45. The summed E-state index contributed by atoms with van der Waals surface area (Å²) in [4.78, 5) is 18.5. The highest BCUT2D eigenvalue weighted by atomic mass is 19.1. The van der Waals surface area contributed by atoms with Crippen LogP contribution in [0.4, 0.5) is 8.78 Å². The van der Waals surface area contributed by atoms with Crippen LogP contribution in [0.2, 0.25) is 0 Å². The Bertz CT molecular complexity index is 589. The van der Waals surface area contributed by atoms with Crippen LogP contribution >= 0.6 is 0 Å². The smallest absolute Gasteiger partial charge is 0.341 e. The van der Waals surface area contributed by atoms with Crippen LogP contribution < -0.4 is 0 Å². The molecule has 0 saturated heterocycles. The summed E-state index contributed by atoms with van der Waals surface area (Å²) >= 11 is 0. The van der Waals surface area contributed by atoms with Crippen LogP contribution in [0, 0.1) is 18.6 Å². The van der Waals surface area contributed by atoms with E-state index in [1.54, 1.807) is 6.92 Å². The van der Waals surface area contributed by atoms with Crippen LogP contribution in [0.3, 0.4) is 0 Å². The molecule has 0 spiro atoms. The molecule has 0 aliphatic heterocycles. The molecular weight excluding hydrogens is 242 g/mol. The molecule has 0 atom stereocenters. The minimum atomic E-state index is -1.65. The Labute approximate surface area is 101 Å². The quantitative estimate of drug-likeness (QED) is 0.889. The molecule has 0 aliphatic rings. The predicted octanol–water partition coefficient (Wildman–Crippen LogP) is 2.43. The van der Waals surface area contributed by atoms with E-state index in [2.05, 4.69) is 9.97 Å². The zero-order valence-corrected chi connectivity index (χ0v) is 9.32. The largest absolute Gasteiger partial charge is 0.477 e. The highest BCUT2D eigenvalue weighted by Crippen LogP contribution is 2.21. The fraction of sp³-hybridized carbons (Fsp3) is 0.0833. The molecule has 1 N–H and O–H groups in total. The number of nitrogens with zero attached hydrogens (tertiary/aromatic N) is 2. The van der Waals surface area contributed by atoms with E-state index in [9.17, 15) is 13.6 Å². The van der Waals surface area contributed by atoms with E-state index in [0.29, 0.717) is 0 Å². The number of halogens is 2. The summed E-state index contributed by atoms with van der Waals surface area (Å²) in [7, 11) is 0. The molecule has 18 heavy (non-hydrogen) atoms. The lowest BCUT2D eigenvalue weighted by Crippen LogP contribution is -2.05. The second-order valence-electron chi connectivity index (χ2n) is 3.70. The molecule has 4 nitrogen and oxygen atoms in total. The summed E-state index contributed by atoms with van der Waals surface area (Å²) in [6.07, 6.45) is 3.01. The van der Waals surface area contributed by atoms with Crippen molar-refractivity contribution in [2.45, 2.75) is 6.92 Å². The van der Waals surface area contributed by atoms with Gasteiger partial charge < -0.3 is 5.11 Å². The van der Waals surface area contributed by atoms with Crippen molar-refractivity contribution < 1.29 is 18.7 Å². The summed E-state index contributed by atoms with van der Waals surface area (Å²) in [5.74, 6) is -3.82. The van der Waals surface area contributed by atoms with Gasteiger partial charge in [0, 0.05) is 18.0 Å². The highest BCUT2D eigenvalue weighted by molar-refractivity contribution is 5.88. The molecule has 0 unspecified atom stereocenters. The van der Waals surface area contributed by atoms with Crippen LogP contribution in [-0.4, -0.2) is 21.0 Å². The zero-order chi connectivity index (χ0) is 13.3. The molecule has 0 amide bonds. The van der Waals surface area contributed by atoms with Gasteiger partial charge in [0.05, 0.1) is 0 Å². The Morgan fingerprint density at radius 2 is 1.67 bits per heavy atom. The summed E-state index contributed by atoms with van der Waals surface area (Å²) in [6.45, 7) is 1.78. The molecule has 1 aromatic carbocycles. The third-order valence-electron chi connectivity index (χ3n) is 2.30. The summed E-state index contributed by atoms with van der Waals surface area (Å²) in [5.41, 5.74) is -0.0808. The number of aromatic nitrogens is 2. The minimum absolute atomic E-state index is 0.0926. The van der Waals surface area contributed by atoms with Crippen LogP contribution in [0.25, 0.3) is 11.4 Å². The number of aromatic carboxylic acids is 1. The molecule has 0 aliphatic carbocycles. The minimum Gasteiger partial charge on any atom is -0.477 e. The lowest BCUT2D eigenvalue weighted by atomic mass is 10.1. The second kappa shape index (κ2) is 4.48. The van der Waals surface area contributed by atoms with Gasteiger partial charge in [-0.25, -0.2) is 23.5 Å². The van der Waals surface area contributed by atoms with Crippen molar-refractivity contribution in [1.29, 1.82) is 0 Å². The normalized spacial score (nSPS) is 10.4. The SMILES string of the molecule is Cc1cnc(-c2cc(F)c(C(=O)O)c(F)c2)nc1. The first-order valence-corrected chi connectivity index (χ1v) is 5.00. The van der Waals surface area contributed by atoms with E-state index >= 15 is 0 Å². The Kier molecular flexibility index (Phi) is 3.01. The third kappa shape index (κ3) is 2.17. The van der Waals surface area contributed by atoms with Gasteiger partial charge in [-0.1, -0.05) is 0 Å². The van der Waals surface area contributed by atoms with E-state index < -0.39 is 23.2 Å². The first-order chi connectivity index (χ1) is 8.49. The lowest BCUT2D eigenvalue weighted by Gasteiger charge is -2.04. The Morgan fingerprint density at radius 3 is 2.11 bits per heavy atom. The number of aryl methyl sites for hydroxylation is 1. The number of benzene rings is 1. The van der Waals surface area contributed by atoms with Crippen molar-refractivity contribution >= 4 is 5.97 Å². The maximum Gasteiger partial charge on any atom is 0.341 e. The Hall–Kier alpha value is -2.37. The van der Waals surface area contributed by atoms with Crippen molar-refractivity contribution in [2.24, 2.45) is 0 Å². The standard InChI is InChI=1S/C12H8F2N2O2/c1-6-4-15-11(16-5-6)7-2-8(13)10(12(17)18)9(14)3-7/h2-5H,1H3,(H,17,18). The molecule has 2 rings (SSSR count). The number of carbonyl (C=O) groups is 1. The zero-order valence-electron chi connectivity index (χ0n) is 9.32. The van der Waals surface area contributed by atoms with E-state index in [0.717, 1.165) is 17.7 Å². The van der Waals surface area contributed by atoms with Crippen molar-refractivity contribution in [2.75, 3.05) is 0 Å². The van der Waals surface area contributed by atoms with Gasteiger partial charge in [0.15, 0.2) is 5.82 Å². The number of rotatable bonds is 2. The molecule has 92 valence electrons. The molecule has 0 saturated carbocycles. The van der Waals surface area contributed by atoms with E-state index in [1.165, 1.54) is 12.4 Å². The molecule has 2 aromatic rings. The van der Waals surface area contributed by atoms with Gasteiger partial charge in [0.25, 0.3) is 0 Å². The van der Waals surface area contributed by atoms with Gasteiger partial charge in [-0.2, -0.15) is 0 Å².